The van der Waals surface area contributed by atoms with Crippen LogP contribution in [0.4, 0.5) is 5.69 Å². The fraction of sp³-hybridized carbons (Fsp3) is 0.318. The maximum atomic E-state index is 13.6. The standard InChI is InChI=1S/C22H20BrClN2O5S/c1-32-8-7-22(21(30)31)17-16(18(25-22)14-9-11(23)5-6-15(14)27)19(28)26(20(17)29)13-4-2-3-12(24)10-13/h2-6,9-10,16-18,25,27H,7-8H2,1H3,(H,30,31). The molecule has 2 aromatic carbocycles. The maximum Gasteiger partial charge on any atom is 0.244 e. The van der Waals surface area contributed by atoms with E-state index in [1.165, 1.54) is 29.2 Å². The van der Waals surface area contributed by atoms with Gasteiger partial charge >= 0.3 is 0 Å². The normalized spacial score (nSPS) is 27.1. The molecule has 4 rings (SSSR count). The van der Waals surface area contributed by atoms with Crippen molar-refractivity contribution in [1.29, 1.82) is 0 Å². The van der Waals surface area contributed by atoms with Gasteiger partial charge < -0.3 is 20.3 Å². The van der Waals surface area contributed by atoms with Gasteiger partial charge in [-0.2, -0.15) is 11.8 Å². The third kappa shape index (κ3) is 3.61. The van der Waals surface area contributed by atoms with Crippen molar-refractivity contribution in [2.45, 2.75) is 18.0 Å². The van der Waals surface area contributed by atoms with E-state index in [1.807, 2.05) is 6.26 Å². The zero-order valence-electron chi connectivity index (χ0n) is 17.0. The van der Waals surface area contributed by atoms with E-state index in [1.54, 1.807) is 30.3 Å². The van der Waals surface area contributed by atoms with Gasteiger partial charge in [-0.05, 0) is 48.4 Å². The molecule has 0 bridgehead atoms. The van der Waals surface area contributed by atoms with E-state index in [9.17, 15) is 24.6 Å². The van der Waals surface area contributed by atoms with Gasteiger partial charge in [0.2, 0.25) is 11.8 Å². The average molecular weight is 540 g/mol. The molecule has 0 saturated carbocycles. The number of imide groups is 1. The minimum atomic E-state index is -1.65. The van der Waals surface area contributed by atoms with Gasteiger partial charge in [-0.15, -0.1) is 0 Å². The lowest BCUT2D eigenvalue weighted by Crippen LogP contribution is -2.99. The van der Waals surface area contributed by atoms with Crippen LogP contribution in [0, 0.1) is 11.8 Å². The molecule has 168 valence electrons. The number of rotatable bonds is 6. The zero-order valence-corrected chi connectivity index (χ0v) is 20.1. The Bertz CT molecular complexity index is 1120. The van der Waals surface area contributed by atoms with Gasteiger partial charge in [0.05, 0.1) is 11.3 Å². The number of aliphatic carboxylic acids is 1. The van der Waals surface area contributed by atoms with Crippen LogP contribution in [0.3, 0.4) is 0 Å². The Hall–Kier alpha value is -2.07. The van der Waals surface area contributed by atoms with Crippen LogP contribution in [0.15, 0.2) is 46.9 Å². The first-order chi connectivity index (χ1) is 15.2. The average Bonchev–Trinajstić information content (AvgIpc) is 3.23. The summed E-state index contributed by atoms with van der Waals surface area (Å²) < 4.78 is 0.661. The van der Waals surface area contributed by atoms with Crippen molar-refractivity contribution in [2.75, 3.05) is 16.9 Å². The highest BCUT2D eigenvalue weighted by Crippen LogP contribution is 2.48. The van der Waals surface area contributed by atoms with E-state index < -0.39 is 41.2 Å². The topological polar surface area (TPSA) is 114 Å². The predicted molar refractivity (Wildman–Crippen MR) is 122 cm³/mol. The van der Waals surface area contributed by atoms with Crippen molar-refractivity contribution in [2.24, 2.45) is 11.8 Å². The van der Waals surface area contributed by atoms with Gasteiger partial charge in [-0.1, -0.05) is 33.6 Å². The number of hydrogen-bond acceptors (Lipinski definition) is 6. The molecule has 2 amide bonds. The molecule has 2 fully saturated rings. The Morgan fingerprint density at radius 1 is 1.28 bits per heavy atom. The van der Waals surface area contributed by atoms with Crippen molar-refractivity contribution in [3.63, 3.8) is 0 Å². The Balaban J connectivity index is 1.89. The first-order valence-corrected chi connectivity index (χ1v) is 12.5. The summed E-state index contributed by atoms with van der Waals surface area (Å²) in [6, 6.07) is 10.3. The van der Waals surface area contributed by atoms with Crippen molar-refractivity contribution in [3.05, 3.63) is 57.5 Å². The third-order valence-corrected chi connectivity index (χ3v) is 7.63. The minimum absolute atomic E-state index is 0.0753. The van der Waals surface area contributed by atoms with Crippen molar-refractivity contribution in [3.8, 4) is 5.75 Å². The third-order valence-electron chi connectivity index (χ3n) is 6.28. The minimum Gasteiger partial charge on any atom is -0.544 e. The van der Waals surface area contributed by atoms with Crippen molar-refractivity contribution >= 4 is 62.8 Å². The number of phenols is 1. The number of benzene rings is 2. The van der Waals surface area contributed by atoms with E-state index in [-0.39, 0.29) is 17.9 Å². The molecule has 32 heavy (non-hydrogen) atoms. The second-order valence-electron chi connectivity index (χ2n) is 7.96. The second kappa shape index (κ2) is 8.70. The molecule has 0 radical (unpaired) electrons. The smallest absolute Gasteiger partial charge is 0.244 e. The number of nitrogens with zero attached hydrogens (tertiary/aromatic N) is 1. The summed E-state index contributed by atoms with van der Waals surface area (Å²) in [6.45, 7) is 0. The van der Waals surface area contributed by atoms with Crippen LogP contribution in [-0.4, -0.2) is 40.4 Å². The molecule has 2 heterocycles. The van der Waals surface area contributed by atoms with E-state index in [4.69, 9.17) is 11.6 Å². The quantitative estimate of drug-likeness (QED) is 0.538. The van der Waals surface area contributed by atoms with Crippen LogP contribution in [0.5, 0.6) is 5.75 Å². The number of carbonyl (C=O) groups is 3. The highest BCUT2D eigenvalue weighted by molar-refractivity contribution is 9.10. The molecular formula is C22H20BrClN2O5S. The van der Waals surface area contributed by atoms with Gasteiger partial charge in [0.25, 0.3) is 0 Å². The van der Waals surface area contributed by atoms with E-state index in [0.717, 1.165) is 4.90 Å². The summed E-state index contributed by atoms with van der Waals surface area (Å²) in [5, 5.41) is 24.9. The van der Waals surface area contributed by atoms with Crippen LogP contribution in [0.25, 0.3) is 0 Å². The van der Waals surface area contributed by atoms with Gasteiger partial charge in [0, 0.05) is 15.9 Å². The maximum absolute atomic E-state index is 13.6. The molecule has 4 atom stereocenters. The fourth-order valence-electron chi connectivity index (χ4n) is 4.87. The molecule has 7 nitrogen and oxygen atoms in total. The fourth-order valence-corrected chi connectivity index (χ4v) is 5.98. The summed E-state index contributed by atoms with van der Waals surface area (Å²) in [5.41, 5.74) is -0.973. The number of hydrogen-bond donors (Lipinski definition) is 2. The van der Waals surface area contributed by atoms with E-state index in [0.29, 0.717) is 20.8 Å². The van der Waals surface area contributed by atoms with Crippen LogP contribution >= 0.6 is 39.3 Å². The van der Waals surface area contributed by atoms with Gasteiger partial charge in [-0.25, -0.2) is 4.90 Å². The number of carboxylic acid groups (broad SMARTS) is 1. The molecule has 3 N–H and O–H groups in total. The zero-order chi connectivity index (χ0) is 23.2. The number of anilines is 1. The number of amides is 2. The summed E-state index contributed by atoms with van der Waals surface area (Å²) in [4.78, 5) is 40.7. The molecule has 10 heteroatoms. The van der Waals surface area contributed by atoms with Crippen molar-refractivity contribution < 1.29 is 29.9 Å². The van der Waals surface area contributed by atoms with Crippen LogP contribution in [0.1, 0.15) is 18.0 Å². The molecule has 0 aromatic heterocycles. The highest BCUT2D eigenvalue weighted by atomic mass is 79.9. The number of halogens is 2. The summed E-state index contributed by atoms with van der Waals surface area (Å²) in [6.07, 6.45) is 1.97. The van der Waals surface area contributed by atoms with Crippen LogP contribution < -0.4 is 15.3 Å². The van der Waals surface area contributed by atoms with Gasteiger partial charge in [0.1, 0.15) is 29.6 Å². The SMILES string of the molecule is CSCCC1(C(=O)[O-])[NH2+]C(c2cc(Br)ccc2O)C2C(=O)N(c3cccc(Cl)c3)C(=O)C21. The molecule has 2 aliphatic heterocycles. The Labute approximate surface area is 202 Å². The Morgan fingerprint density at radius 3 is 2.69 bits per heavy atom. The van der Waals surface area contributed by atoms with Gasteiger partial charge in [0.15, 0.2) is 5.54 Å². The molecular weight excluding hydrogens is 520 g/mol. The second-order valence-corrected chi connectivity index (χ2v) is 10.3. The number of quaternary nitrogens is 1. The number of aromatic hydroxyl groups is 1. The number of carbonyl (C=O) groups excluding carboxylic acids is 3. The summed E-state index contributed by atoms with van der Waals surface area (Å²) in [5.74, 6) is -4.25. The molecule has 2 aromatic rings. The van der Waals surface area contributed by atoms with Crippen LogP contribution in [-0.2, 0) is 14.4 Å². The Morgan fingerprint density at radius 2 is 2.03 bits per heavy atom. The van der Waals surface area contributed by atoms with Gasteiger partial charge in [-0.3, -0.25) is 9.59 Å². The summed E-state index contributed by atoms with van der Waals surface area (Å²) >= 11 is 10.9. The number of nitrogens with two attached hydrogens (primary N) is 1. The van der Waals surface area contributed by atoms with E-state index in [2.05, 4.69) is 15.9 Å². The van der Waals surface area contributed by atoms with Crippen molar-refractivity contribution in [1.82, 2.24) is 0 Å². The largest absolute Gasteiger partial charge is 0.544 e. The first kappa shape index (κ1) is 23.1. The molecule has 2 saturated heterocycles. The number of carboxylic acids is 1. The van der Waals surface area contributed by atoms with Crippen LogP contribution in [0.2, 0.25) is 5.02 Å². The van der Waals surface area contributed by atoms with E-state index >= 15 is 0 Å². The lowest BCUT2D eigenvalue weighted by Gasteiger charge is -2.32. The molecule has 4 unspecified atom stereocenters. The molecule has 2 aliphatic rings. The lowest BCUT2D eigenvalue weighted by atomic mass is 9.78. The predicted octanol–water partition coefficient (Wildman–Crippen LogP) is 1.47. The summed E-state index contributed by atoms with van der Waals surface area (Å²) in [7, 11) is 0. The molecule has 0 spiro atoms. The number of fused-ring (bicyclic) bond motifs is 1. The number of thioether (sulfide) groups is 1. The first-order valence-electron chi connectivity index (χ1n) is 9.89. The Kier molecular flexibility index (Phi) is 6.28. The number of phenolic OH excluding ortho intramolecular Hbond substituents is 1. The monoisotopic (exact) mass is 538 g/mol. The highest BCUT2D eigenvalue weighted by Gasteiger charge is 2.69. The lowest BCUT2D eigenvalue weighted by molar-refractivity contribution is -0.739. The molecule has 0 aliphatic carbocycles.